The molecule has 0 aliphatic rings. The summed E-state index contributed by atoms with van der Waals surface area (Å²) in [5.41, 5.74) is 17.8. The maximum Gasteiger partial charge on any atom is 0.322 e. The van der Waals surface area contributed by atoms with Crippen LogP contribution in [0.25, 0.3) is 0 Å². The number of aromatic nitrogens is 2. The molecule has 14 N–H and O–H groups in total. The zero-order valence-corrected chi connectivity index (χ0v) is 30.6. The van der Waals surface area contributed by atoms with Gasteiger partial charge in [0.25, 0.3) is 0 Å². The van der Waals surface area contributed by atoms with Gasteiger partial charge in [0.2, 0.25) is 29.5 Å². The third-order valence-electron chi connectivity index (χ3n) is 7.77. The number of rotatable bonds is 25. The molecule has 2 aromatic rings. The molecular weight excluding hydrogens is 726 g/mol. The molecule has 0 unspecified atom stereocenters. The number of aliphatic carboxylic acids is 2. The summed E-state index contributed by atoms with van der Waals surface area (Å²) in [4.78, 5) is 100. The van der Waals surface area contributed by atoms with E-state index in [1.54, 1.807) is 30.3 Å². The topological polar surface area (TPSA) is 339 Å². The van der Waals surface area contributed by atoms with E-state index in [0.717, 1.165) is 0 Å². The zero-order valence-electron chi connectivity index (χ0n) is 29.8. The smallest absolute Gasteiger partial charge is 0.322 e. The normalized spacial score (nSPS) is 13.5. The molecule has 5 amide bonds. The number of H-pyrrole nitrogens is 1. The Morgan fingerprint density at radius 2 is 1.39 bits per heavy atom. The van der Waals surface area contributed by atoms with Crippen LogP contribution >= 0.6 is 11.8 Å². The summed E-state index contributed by atoms with van der Waals surface area (Å²) in [5, 5.41) is 30.9. The number of hydrogen-bond donors (Lipinski definition) is 11. The molecular formula is C33H49N11O9S. The molecule has 20 nitrogen and oxygen atoms in total. The monoisotopic (exact) mass is 775 g/mol. The van der Waals surface area contributed by atoms with Gasteiger partial charge in [-0.1, -0.05) is 30.3 Å². The number of amides is 5. The average molecular weight is 776 g/mol. The highest BCUT2D eigenvalue weighted by Crippen LogP contribution is 2.09. The Kier molecular flexibility index (Phi) is 19.6. The van der Waals surface area contributed by atoms with Gasteiger partial charge in [-0.05, 0) is 43.3 Å². The van der Waals surface area contributed by atoms with Gasteiger partial charge < -0.3 is 59.0 Å². The highest BCUT2D eigenvalue weighted by molar-refractivity contribution is 7.98. The fourth-order valence-corrected chi connectivity index (χ4v) is 5.44. The molecule has 0 spiro atoms. The number of nitrogens with two attached hydrogens (primary N) is 3. The van der Waals surface area contributed by atoms with Crippen LogP contribution in [-0.4, -0.2) is 123 Å². The second kappa shape index (κ2) is 23.8. The molecule has 2 rings (SSSR count). The number of carboxylic acids is 2. The van der Waals surface area contributed by atoms with Crippen molar-refractivity contribution in [2.24, 2.45) is 22.2 Å². The van der Waals surface area contributed by atoms with Crippen molar-refractivity contribution in [1.29, 1.82) is 0 Å². The number of nitrogens with one attached hydrogen (secondary N) is 6. The van der Waals surface area contributed by atoms with Crippen molar-refractivity contribution in [3.8, 4) is 0 Å². The van der Waals surface area contributed by atoms with Crippen molar-refractivity contribution >= 4 is 59.2 Å². The Bertz CT molecular complexity index is 1570. The molecule has 1 aromatic carbocycles. The number of guanidine groups is 1. The summed E-state index contributed by atoms with van der Waals surface area (Å²) in [6.45, 7) is -0.604. The third kappa shape index (κ3) is 17.2. The largest absolute Gasteiger partial charge is 0.481 e. The minimum Gasteiger partial charge on any atom is -0.481 e. The summed E-state index contributed by atoms with van der Waals surface area (Å²) < 4.78 is 0. The summed E-state index contributed by atoms with van der Waals surface area (Å²) in [7, 11) is 0. The summed E-state index contributed by atoms with van der Waals surface area (Å²) in [6.07, 6.45) is 4.11. The number of nitrogens with zero attached hydrogens (tertiary/aromatic N) is 2. The van der Waals surface area contributed by atoms with E-state index in [0.29, 0.717) is 23.4 Å². The third-order valence-corrected chi connectivity index (χ3v) is 8.41. The van der Waals surface area contributed by atoms with Gasteiger partial charge in [0.1, 0.15) is 30.7 Å². The number of benzene rings is 1. The predicted molar refractivity (Wildman–Crippen MR) is 199 cm³/mol. The fourth-order valence-electron chi connectivity index (χ4n) is 4.95. The van der Waals surface area contributed by atoms with E-state index in [1.807, 2.05) is 6.26 Å². The molecule has 0 aliphatic carbocycles. The molecule has 0 radical (unpaired) electrons. The van der Waals surface area contributed by atoms with E-state index in [9.17, 15) is 38.7 Å². The number of thioether (sulfide) groups is 1. The second-order valence-corrected chi connectivity index (χ2v) is 13.1. The molecule has 0 saturated heterocycles. The first kappa shape index (κ1) is 44.5. The lowest BCUT2D eigenvalue weighted by Crippen LogP contribution is -2.59. The van der Waals surface area contributed by atoms with Crippen LogP contribution in [0.3, 0.4) is 0 Å². The summed E-state index contributed by atoms with van der Waals surface area (Å²) in [5.74, 6) is -6.14. The van der Waals surface area contributed by atoms with E-state index in [1.165, 1.54) is 24.3 Å². The van der Waals surface area contributed by atoms with E-state index < -0.39 is 84.6 Å². The van der Waals surface area contributed by atoms with Crippen LogP contribution in [0.15, 0.2) is 47.8 Å². The quantitative estimate of drug-likeness (QED) is 0.0279. The van der Waals surface area contributed by atoms with Crippen molar-refractivity contribution in [3.63, 3.8) is 0 Å². The summed E-state index contributed by atoms with van der Waals surface area (Å²) >= 11 is 1.47. The van der Waals surface area contributed by atoms with Crippen molar-refractivity contribution in [2.75, 3.05) is 25.1 Å². The van der Waals surface area contributed by atoms with Crippen LogP contribution in [0.1, 0.15) is 43.4 Å². The molecule has 54 heavy (non-hydrogen) atoms. The SMILES string of the molecule is CSCC[C@@H](N)C(=O)N[C@@H](CCC(=O)O)C(=O)N[C@@H](Cc1cnc[nH]1)C(=O)N[C@@H](Cc1ccccc1)C(=O)N[C@@H](CCCN=C(N)N)C(=O)NCC(=O)O. The number of aromatic amines is 1. The van der Waals surface area contributed by atoms with E-state index in [4.69, 9.17) is 22.3 Å². The number of imidazole rings is 1. The lowest BCUT2D eigenvalue weighted by Gasteiger charge is -2.27. The Labute approximate surface area is 315 Å². The Balaban J connectivity index is 2.39. The first-order chi connectivity index (χ1) is 25.7. The van der Waals surface area contributed by atoms with Gasteiger partial charge in [0, 0.05) is 37.7 Å². The van der Waals surface area contributed by atoms with E-state index >= 15 is 0 Å². The van der Waals surface area contributed by atoms with Crippen LogP contribution in [0.5, 0.6) is 0 Å². The Morgan fingerprint density at radius 3 is 1.96 bits per heavy atom. The van der Waals surface area contributed by atoms with Crippen molar-refractivity contribution in [1.82, 2.24) is 36.6 Å². The maximum absolute atomic E-state index is 14.0. The molecule has 296 valence electrons. The zero-order chi connectivity index (χ0) is 40.0. The highest BCUT2D eigenvalue weighted by atomic mass is 32.2. The Morgan fingerprint density at radius 1 is 0.796 bits per heavy atom. The second-order valence-electron chi connectivity index (χ2n) is 12.1. The number of carbonyl (C=O) groups is 7. The van der Waals surface area contributed by atoms with Crippen molar-refractivity contribution < 1.29 is 43.8 Å². The van der Waals surface area contributed by atoms with Crippen LogP contribution < -0.4 is 43.8 Å². The minimum absolute atomic E-state index is 0.00285. The number of carbonyl (C=O) groups excluding carboxylic acids is 5. The van der Waals surface area contributed by atoms with Gasteiger partial charge in [-0.3, -0.25) is 38.6 Å². The maximum atomic E-state index is 14.0. The standard InChI is InChI=1S/C33H49N11O9S/c1-54-13-11-21(34)28(49)41-23(9-10-26(45)46)30(51)44-25(15-20-16-37-18-40-20)32(53)43-24(14-19-6-3-2-4-7-19)31(52)42-22(8-5-12-38-33(35)36)29(50)39-17-27(47)48/h2-4,6-7,16,18,21-25H,5,8-15,17,34H2,1H3,(H,37,40)(H,39,50)(H,41,49)(H,42,52)(H,43,53)(H,44,51)(H,45,46)(H,47,48)(H4,35,36,38)/t21-,22+,23+,24+,25+/m1/s1. The number of aliphatic imine (C=N–C) groups is 1. The Hall–Kier alpha value is -5.70. The highest BCUT2D eigenvalue weighted by Gasteiger charge is 2.32. The molecule has 0 bridgehead atoms. The van der Waals surface area contributed by atoms with Crippen LogP contribution in [0.4, 0.5) is 0 Å². The van der Waals surface area contributed by atoms with Gasteiger partial charge in [-0.25, -0.2) is 4.98 Å². The number of hydrogen-bond acceptors (Lipinski definition) is 11. The molecule has 0 aliphatic heterocycles. The van der Waals surface area contributed by atoms with Gasteiger partial charge >= 0.3 is 11.9 Å². The molecule has 0 fully saturated rings. The lowest BCUT2D eigenvalue weighted by atomic mass is 10.0. The van der Waals surface area contributed by atoms with Gasteiger partial charge in [-0.15, -0.1) is 0 Å². The number of carboxylic acid groups (broad SMARTS) is 2. The lowest BCUT2D eigenvalue weighted by molar-refractivity contribution is -0.139. The van der Waals surface area contributed by atoms with Gasteiger partial charge in [0.15, 0.2) is 5.96 Å². The van der Waals surface area contributed by atoms with Gasteiger partial charge in [-0.2, -0.15) is 11.8 Å². The van der Waals surface area contributed by atoms with E-state index in [-0.39, 0.29) is 44.6 Å². The minimum atomic E-state index is -1.38. The molecule has 5 atom stereocenters. The summed E-state index contributed by atoms with van der Waals surface area (Å²) in [6, 6.07) is 2.31. The first-order valence-corrected chi connectivity index (χ1v) is 18.3. The van der Waals surface area contributed by atoms with Crippen LogP contribution in [-0.2, 0) is 46.4 Å². The average Bonchev–Trinajstić information content (AvgIpc) is 3.65. The molecule has 1 aromatic heterocycles. The van der Waals surface area contributed by atoms with Crippen LogP contribution in [0, 0.1) is 0 Å². The van der Waals surface area contributed by atoms with Gasteiger partial charge in [0.05, 0.1) is 12.4 Å². The predicted octanol–water partition coefficient (Wildman–Crippen LogP) is -2.67. The first-order valence-electron chi connectivity index (χ1n) is 16.9. The molecule has 21 heteroatoms. The van der Waals surface area contributed by atoms with Crippen molar-refractivity contribution in [3.05, 3.63) is 54.1 Å². The fraction of sp³-hybridized carbons (Fsp3) is 0.485. The van der Waals surface area contributed by atoms with E-state index in [2.05, 4.69) is 41.5 Å². The van der Waals surface area contributed by atoms with Crippen molar-refractivity contribution in [2.45, 2.75) is 75.2 Å². The van der Waals surface area contributed by atoms with Crippen LogP contribution in [0.2, 0.25) is 0 Å². The molecule has 0 saturated carbocycles. The molecule has 1 heterocycles.